The molecule has 0 bridgehead atoms. The van der Waals surface area contributed by atoms with Gasteiger partial charge in [-0.1, -0.05) is 0 Å². The maximum absolute atomic E-state index is 5.12. The quantitative estimate of drug-likeness (QED) is 0.789. The lowest BCUT2D eigenvalue weighted by molar-refractivity contribution is 0.551. The molecule has 0 fully saturated rings. The van der Waals surface area contributed by atoms with Crippen LogP contribution in [0.4, 0.5) is 0 Å². The van der Waals surface area contributed by atoms with Gasteiger partial charge in [0.05, 0.1) is 0 Å². The zero-order valence-electron chi connectivity index (χ0n) is 8.42. The number of aryl methyl sites for hydroxylation is 1. The van der Waals surface area contributed by atoms with Gasteiger partial charge in [0.2, 0.25) is 0 Å². The fourth-order valence-electron chi connectivity index (χ4n) is 1.03. The summed E-state index contributed by atoms with van der Waals surface area (Å²) in [5.41, 5.74) is 0. The first-order valence-electron chi connectivity index (χ1n) is 4.13. The zero-order chi connectivity index (χ0) is 10.1. The molecule has 0 aliphatic rings. The molecular formula is C8H15N3S2. The molecule has 0 spiro atoms. The first kappa shape index (κ1) is 10.8. The van der Waals surface area contributed by atoms with Crippen molar-refractivity contribution in [2.75, 3.05) is 6.26 Å². The highest BCUT2D eigenvalue weighted by atomic mass is 32.2. The molecule has 1 rings (SSSR count). The number of H-pyrrole nitrogens is 1. The van der Waals surface area contributed by atoms with Crippen molar-refractivity contribution >= 4 is 24.0 Å². The largest absolute Gasteiger partial charge is 0.303 e. The molecule has 74 valence electrons. The number of nitrogens with zero attached hydrogens (tertiary/aromatic N) is 2. The second-order valence-electron chi connectivity index (χ2n) is 3.63. The Balaban J connectivity index is 2.92. The first-order valence-corrected chi connectivity index (χ1v) is 5.76. The van der Waals surface area contributed by atoms with Crippen LogP contribution in [-0.2, 0) is 6.54 Å². The van der Waals surface area contributed by atoms with Crippen molar-refractivity contribution in [1.82, 2.24) is 14.8 Å². The molecule has 0 amide bonds. The Bertz CT molecular complexity index is 337. The Labute approximate surface area is 87.9 Å². The van der Waals surface area contributed by atoms with Gasteiger partial charge in [-0.25, -0.2) is 0 Å². The highest BCUT2D eigenvalue weighted by molar-refractivity contribution is 7.99. The summed E-state index contributed by atoms with van der Waals surface area (Å²) in [6, 6.07) is 0. The van der Waals surface area contributed by atoms with Crippen molar-refractivity contribution in [2.24, 2.45) is 0 Å². The van der Waals surface area contributed by atoms with E-state index in [-0.39, 0.29) is 4.75 Å². The summed E-state index contributed by atoms with van der Waals surface area (Å²) < 4.78 is 2.94. The summed E-state index contributed by atoms with van der Waals surface area (Å²) in [5, 5.41) is 6.86. The van der Waals surface area contributed by atoms with E-state index >= 15 is 0 Å². The highest BCUT2D eigenvalue weighted by Gasteiger charge is 2.18. The van der Waals surface area contributed by atoms with Crippen LogP contribution in [0.1, 0.15) is 19.7 Å². The summed E-state index contributed by atoms with van der Waals surface area (Å²) in [7, 11) is 0. The average Bonchev–Trinajstić information content (AvgIpc) is 2.36. The van der Waals surface area contributed by atoms with E-state index in [1.165, 1.54) is 0 Å². The van der Waals surface area contributed by atoms with Crippen LogP contribution in [0.5, 0.6) is 0 Å². The molecule has 0 atom stereocenters. The van der Waals surface area contributed by atoms with E-state index in [1.54, 1.807) is 0 Å². The number of aromatic nitrogens is 3. The van der Waals surface area contributed by atoms with Crippen LogP contribution in [0.3, 0.4) is 0 Å². The van der Waals surface area contributed by atoms with Gasteiger partial charge >= 0.3 is 0 Å². The van der Waals surface area contributed by atoms with Gasteiger partial charge in [-0.15, -0.1) is 0 Å². The van der Waals surface area contributed by atoms with E-state index in [0.29, 0.717) is 4.77 Å². The maximum Gasteiger partial charge on any atom is 0.195 e. The van der Waals surface area contributed by atoms with E-state index in [9.17, 15) is 0 Å². The van der Waals surface area contributed by atoms with Crippen molar-refractivity contribution in [2.45, 2.75) is 32.1 Å². The van der Waals surface area contributed by atoms with Gasteiger partial charge in [0, 0.05) is 11.3 Å². The molecule has 13 heavy (non-hydrogen) atoms. The minimum atomic E-state index is 0.201. The minimum absolute atomic E-state index is 0.201. The number of hydrogen-bond acceptors (Lipinski definition) is 3. The Kier molecular flexibility index (Phi) is 3.18. The molecule has 0 radical (unpaired) electrons. The van der Waals surface area contributed by atoms with E-state index in [1.807, 2.05) is 23.3 Å². The fraction of sp³-hybridized carbons (Fsp3) is 0.750. The van der Waals surface area contributed by atoms with Crippen LogP contribution in [0.15, 0.2) is 0 Å². The molecule has 5 heteroatoms. The molecule has 0 aliphatic heterocycles. The summed E-state index contributed by atoms with van der Waals surface area (Å²) >= 11 is 6.96. The summed E-state index contributed by atoms with van der Waals surface area (Å²) in [6.07, 6.45) is 2.11. The van der Waals surface area contributed by atoms with Crippen LogP contribution < -0.4 is 0 Å². The molecular weight excluding hydrogens is 202 g/mol. The Morgan fingerprint density at radius 3 is 2.62 bits per heavy atom. The summed E-state index contributed by atoms with van der Waals surface area (Å²) in [4.78, 5) is 0. The summed E-state index contributed by atoms with van der Waals surface area (Å²) in [6.45, 7) is 7.26. The fourth-order valence-corrected chi connectivity index (χ4v) is 1.53. The molecule has 1 N–H and O–H groups in total. The van der Waals surface area contributed by atoms with Gasteiger partial charge in [0.1, 0.15) is 5.82 Å². The topological polar surface area (TPSA) is 33.6 Å². The van der Waals surface area contributed by atoms with Gasteiger partial charge in [-0.2, -0.15) is 16.9 Å². The smallest absolute Gasteiger partial charge is 0.195 e. The third kappa shape index (κ3) is 2.57. The second-order valence-corrected chi connectivity index (χ2v) is 5.53. The van der Waals surface area contributed by atoms with Gasteiger partial charge in [-0.3, -0.25) is 5.10 Å². The standard InChI is InChI=1S/C8H15N3S2/c1-6-9-10-7(12)11(6)5-8(2,3)13-4/h5H2,1-4H3,(H,10,12). The molecule has 3 nitrogen and oxygen atoms in total. The Hall–Kier alpha value is -0.290. The monoisotopic (exact) mass is 217 g/mol. The average molecular weight is 217 g/mol. The SMILES string of the molecule is CSC(C)(C)Cn1c(C)n[nH]c1=S. The van der Waals surface area contributed by atoms with Crippen LogP contribution in [0, 0.1) is 11.7 Å². The lowest BCUT2D eigenvalue weighted by Gasteiger charge is -2.22. The predicted octanol–water partition coefficient (Wildman–Crippen LogP) is 2.39. The Morgan fingerprint density at radius 1 is 1.62 bits per heavy atom. The van der Waals surface area contributed by atoms with Crippen molar-refractivity contribution in [3.63, 3.8) is 0 Å². The van der Waals surface area contributed by atoms with Gasteiger partial charge in [-0.05, 0) is 39.2 Å². The molecule has 1 aromatic heterocycles. The minimum Gasteiger partial charge on any atom is -0.303 e. The molecule has 0 saturated heterocycles. The number of thioether (sulfide) groups is 1. The molecule has 1 heterocycles. The Morgan fingerprint density at radius 2 is 2.23 bits per heavy atom. The highest BCUT2D eigenvalue weighted by Crippen LogP contribution is 2.23. The lowest BCUT2D eigenvalue weighted by Crippen LogP contribution is -2.23. The number of hydrogen-bond donors (Lipinski definition) is 1. The normalized spacial score (nSPS) is 12.0. The molecule has 0 saturated carbocycles. The predicted molar refractivity (Wildman–Crippen MR) is 59.7 cm³/mol. The van der Waals surface area contributed by atoms with E-state index in [2.05, 4.69) is 30.3 Å². The van der Waals surface area contributed by atoms with E-state index in [4.69, 9.17) is 12.2 Å². The van der Waals surface area contributed by atoms with Crippen molar-refractivity contribution in [3.05, 3.63) is 10.6 Å². The maximum atomic E-state index is 5.12. The molecule has 0 unspecified atom stereocenters. The van der Waals surface area contributed by atoms with Crippen molar-refractivity contribution in [1.29, 1.82) is 0 Å². The van der Waals surface area contributed by atoms with Gasteiger partial charge < -0.3 is 4.57 Å². The van der Waals surface area contributed by atoms with Crippen LogP contribution in [0.25, 0.3) is 0 Å². The van der Waals surface area contributed by atoms with E-state index < -0.39 is 0 Å². The van der Waals surface area contributed by atoms with Crippen LogP contribution >= 0.6 is 24.0 Å². The second kappa shape index (κ2) is 3.84. The molecule has 1 aromatic rings. The molecule has 0 aromatic carbocycles. The van der Waals surface area contributed by atoms with E-state index in [0.717, 1.165) is 12.4 Å². The number of nitrogens with one attached hydrogen (secondary N) is 1. The first-order chi connectivity index (χ1) is 5.96. The third-order valence-corrected chi connectivity index (χ3v) is 3.59. The number of aromatic amines is 1. The van der Waals surface area contributed by atoms with Crippen LogP contribution in [-0.4, -0.2) is 25.8 Å². The lowest BCUT2D eigenvalue weighted by atomic mass is 10.2. The summed E-state index contributed by atoms with van der Waals surface area (Å²) in [5.74, 6) is 0.951. The van der Waals surface area contributed by atoms with Crippen molar-refractivity contribution in [3.8, 4) is 0 Å². The number of rotatable bonds is 3. The van der Waals surface area contributed by atoms with Gasteiger partial charge in [0.15, 0.2) is 4.77 Å². The van der Waals surface area contributed by atoms with Gasteiger partial charge in [0.25, 0.3) is 0 Å². The van der Waals surface area contributed by atoms with Crippen LogP contribution in [0.2, 0.25) is 0 Å². The van der Waals surface area contributed by atoms with Crippen molar-refractivity contribution < 1.29 is 0 Å². The molecule has 0 aliphatic carbocycles. The third-order valence-electron chi connectivity index (χ3n) is 2.04. The zero-order valence-corrected chi connectivity index (χ0v) is 10.1.